The van der Waals surface area contributed by atoms with Crippen molar-refractivity contribution in [2.24, 2.45) is 5.92 Å². The van der Waals surface area contributed by atoms with Crippen molar-refractivity contribution in [2.75, 3.05) is 18.4 Å². The van der Waals surface area contributed by atoms with Gasteiger partial charge in [-0.2, -0.15) is 0 Å². The minimum absolute atomic E-state index is 0.0627. The van der Waals surface area contributed by atoms with E-state index >= 15 is 0 Å². The molecule has 138 valence electrons. The molecule has 26 heavy (non-hydrogen) atoms. The van der Waals surface area contributed by atoms with Crippen LogP contribution in [0.4, 0.5) is 5.69 Å². The predicted octanol–water partition coefficient (Wildman–Crippen LogP) is 5.46. The third kappa shape index (κ3) is 5.00. The first-order valence-corrected chi connectivity index (χ1v) is 9.72. The standard InChI is InChI=1S/C21H24Cl2N2O/c1-14-9-15(2)11-19(10-14)24-21(26)16-5-7-25(8-6-16)13-17-3-4-18(22)12-20(17)23/h3-4,9-12,16H,5-8,13H2,1-2H3,(H,24,26). The molecule has 1 fully saturated rings. The number of piperidine rings is 1. The van der Waals surface area contributed by atoms with E-state index in [2.05, 4.69) is 16.3 Å². The van der Waals surface area contributed by atoms with Gasteiger partial charge in [-0.1, -0.05) is 35.3 Å². The van der Waals surface area contributed by atoms with Gasteiger partial charge in [0.25, 0.3) is 0 Å². The summed E-state index contributed by atoms with van der Waals surface area (Å²) in [4.78, 5) is 14.9. The van der Waals surface area contributed by atoms with Crippen molar-refractivity contribution < 1.29 is 4.79 Å². The average Bonchev–Trinajstić information content (AvgIpc) is 2.57. The van der Waals surface area contributed by atoms with Crippen LogP contribution < -0.4 is 5.32 Å². The maximum absolute atomic E-state index is 12.6. The molecule has 0 spiro atoms. The lowest BCUT2D eigenvalue weighted by Crippen LogP contribution is -2.37. The van der Waals surface area contributed by atoms with Crippen LogP contribution in [0.1, 0.15) is 29.5 Å². The molecule has 1 amide bonds. The van der Waals surface area contributed by atoms with Gasteiger partial charge in [-0.3, -0.25) is 9.69 Å². The molecule has 2 aromatic carbocycles. The number of carbonyl (C=O) groups excluding carboxylic acids is 1. The summed E-state index contributed by atoms with van der Waals surface area (Å²) in [6.45, 7) is 6.67. The van der Waals surface area contributed by atoms with Crippen LogP contribution in [0.3, 0.4) is 0 Å². The zero-order chi connectivity index (χ0) is 18.7. The van der Waals surface area contributed by atoms with Crippen LogP contribution in [0.2, 0.25) is 10.0 Å². The Morgan fingerprint density at radius 1 is 1.08 bits per heavy atom. The van der Waals surface area contributed by atoms with Crippen molar-refractivity contribution in [3.8, 4) is 0 Å². The number of carbonyl (C=O) groups is 1. The molecular weight excluding hydrogens is 367 g/mol. The summed E-state index contributed by atoms with van der Waals surface area (Å²) >= 11 is 12.2. The number of benzene rings is 2. The maximum Gasteiger partial charge on any atom is 0.227 e. The first kappa shape index (κ1) is 19.2. The number of likely N-dealkylation sites (tertiary alicyclic amines) is 1. The van der Waals surface area contributed by atoms with Crippen LogP contribution in [0, 0.1) is 19.8 Å². The normalized spacial score (nSPS) is 15.8. The Bertz CT molecular complexity index is 778. The minimum atomic E-state index is 0.0627. The Hall–Kier alpha value is -1.55. The Labute approximate surface area is 165 Å². The Balaban J connectivity index is 1.53. The van der Waals surface area contributed by atoms with Gasteiger partial charge in [-0.05, 0) is 80.7 Å². The monoisotopic (exact) mass is 390 g/mol. The molecule has 1 N–H and O–H groups in total. The van der Waals surface area contributed by atoms with Crippen LogP contribution in [0.15, 0.2) is 36.4 Å². The molecule has 2 aromatic rings. The number of hydrogen-bond donors (Lipinski definition) is 1. The van der Waals surface area contributed by atoms with Gasteiger partial charge >= 0.3 is 0 Å². The molecule has 0 bridgehead atoms. The van der Waals surface area contributed by atoms with Gasteiger partial charge in [-0.15, -0.1) is 0 Å². The molecule has 1 heterocycles. The van der Waals surface area contributed by atoms with Crippen LogP contribution in [-0.4, -0.2) is 23.9 Å². The fourth-order valence-electron chi connectivity index (χ4n) is 3.54. The Kier molecular flexibility index (Phi) is 6.23. The van der Waals surface area contributed by atoms with Crippen molar-refractivity contribution >= 4 is 34.8 Å². The SMILES string of the molecule is Cc1cc(C)cc(NC(=O)C2CCN(Cc3ccc(Cl)cc3Cl)CC2)c1. The molecule has 1 aliphatic rings. The largest absolute Gasteiger partial charge is 0.326 e. The van der Waals surface area contributed by atoms with E-state index in [1.807, 2.05) is 38.1 Å². The number of rotatable bonds is 4. The van der Waals surface area contributed by atoms with E-state index in [9.17, 15) is 4.79 Å². The number of nitrogens with one attached hydrogen (secondary N) is 1. The molecule has 0 unspecified atom stereocenters. The first-order valence-electron chi connectivity index (χ1n) is 8.96. The molecule has 0 aromatic heterocycles. The van der Waals surface area contributed by atoms with Gasteiger partial charge in [0, 0.05) is 28.2 Å². The highest BCUT2D eigenvalue weighted by Gasteiger charge is 2.25. The highest BCUT2D eigenvalue weighted by atomic mass is 35.5. The number of amides is 1. The molecule has 0 atom stereocenters. The average molecular weight is 391 g/mol. The fraction of sp³-hybridized carbons (Fsp3) is 0.381. The van der Waals surface area contributed by atoms with Crippen LogP contribution >= 0.6 is 23.2 Å². The third-order valence-corrected chi connectivity index (χ3v) is 5.44. The third-order valence-electron chi connectivity index (χ3n) is 4.86. The number of nitrogens with zero attached hydrogens (tertiary/aromatic N) is 1. The van der Waals surface area contributed by atoms with Gasteiger partial charge < -0.3 is 5.32 Å². The van der Waals surface area contributed by atoms with Crippen molar-refractivity contribution in [3.05, 3.63) is 63.1 Å². The fourth-order valence-corrected chi connectivity index (χ4v) is 4.00. The first-order chi connectivity index (χ1) is 12.4. The summed E-state index contributed by atoms with van der Waals surface area (Å²) in [6.07, 6.45) is 1.73. The number of anilines is 1. The van der Waals surface area contributed by atoms with Crippen molar-refractivity contribution in [3.63, 3.8) is 0 Å². The van der Waals surface area contributed by atoms with E-state index in [4.69, 9.17) is 23.2 Å². The number of hydrogen-bond acceptors (Lipinski definition) is 2. The summed E-state index contributed by atoms with van der Waals surface area (Å²) in [5, 5.41) is 4.43. The summed E-state index contributed by atoms with van der Waals surface area (Å²) in [6, 6.07) is 11.8. The molecule has 1 saturated heterocycles. The van der Waals surface area contributed by atoms with Crippen molar-refractivity contribution in [2.45, 2.75) is 33.2 Å². The van der Waals surface area contributed by atoms with Gasteiger partial charge in [0.05, 0.1) is 0 Å². The van der Waals surface area contributed by atoms with E-state index in [1.165, 1.54) is 0 Å². The summed E-state index contributed by atoms with van der Waals surface area (Å²) < 4.78 is 0. The second-order valence-electron chi connectivity index (χ2n) is 7.15. The lowest BCUT2D eigenvalue weighted by Gasteiger charge is -2.31. The van der Waals surface area contributed by atoms with Crippen LogP contribution in [0.25, 0.3) is 0 Å². The smallest absolute Gasteiger partial charge is 0.227 e. The molecule has 1 aliphatic heterocycles. The number of halogens is 2. The second-order valence-corrected chi connectivity index (χ2v) is 8.00. The van der Waals surface area contributed by atoms with E-state index in [-0.39, 0.29) is 11.8 Å². The zero-order valence-corrected chi connectivity index (χ0v) is 16.7. The minimum Gasteiger partial charge on any atom is -0.326 e. The summed E-state index contributed by atoms with van der Waals surface area (Å²) in [5.41, 5.74) is 4.29. The van der Waals surface area contributed by atoms with E-state index < -0.39 is 0 Å². The van der Waals surface area contributed by atoms with E-state index in [0.29, 0.717) is 10.0 Å². The van der Waals surface area contributed by atoms with Gasteiger partial charge in [0.2, 0.25) is 5.91 Å². The summed E-state index contributed by atoms with van der Waals surface area (Å²) in [7, 11) is 0. The van der Waals surface area contributed by atoms with Crippen molar-refractivity contribution in [1.29, 1.82) is 0 Å². The van der Waals surface area contributed by atoms with E-state index in [1.54, 1.807) is 6.07 Å². The molecule has 5 heteroatoms. The molecular formula is C21H24Cl2N2O. The molecule has 3 rings (SSSR count). The zero-order valence-electron chi connectivity index (χ0n) is 15.2. The predicted molar refractivity (Wildman–Crippen MR) is 109 cm³/mol. The number of aryl methyl sites for hydroxylation is 2. The lowest BCUT2D eigenvalue weighted by molar-refractivity contribution is -0.121. The van der Waals surface area contributed by atoms with Crippen LogP contribution in [-0.2, 0) is 11.3 Å². The molecule has 0 saturated carbocycles. The summed E-state index contributed by atoms with van der Waals surface area (Å²) in [5.74, 6) is 0.187. The highest BCUT2D eigenvalue weighted by molar-refractivity contribution is 6.35. The van der Waals surface area contributed by atoms with Gasteiger partial charge in [0.1, 0.15) is 0 Å². The molecule has 0 aliphatic carbocycles. The molecule has 3 nitrogen and oxygen atoms in total. The van der Waals surface area contributed by atoms with Gasteiger partial charge in [-0.25, -0.2) is 0 Å². The highest BCUT2D eigenvalue weighted by Crippen LogP contribution is 2.25. The van der Waals surface area contributed by atoms with Gasteiger partial charge in [0.15, 0.2) is 0 Å². The molecule has 0 radical (unpaired) electrons. The van der Waals surface area contributed by atoms with E-state index in [0.717, 1.165) is 54.9 Å². The van der Waals surface area contributed by atoms with Crippen LogP contribution in [0.5, 0.6) is 0 Å². The topological polar surface area (TPSA) is 32.3 Å². The second kappa shape index (κ2) is 8.43. The van der Waals surface area contributed by atoms with Crippen molar-refractivity contribution in [1.82, 2.24) is 4.90 Å². The lowest BCUT2D eigenvalue weighted by atomic mass is 9.95. The maximum atomic E-state index is 12.6. The Morgan fingerprint density at radius 3 is 2.35 bits per heavy atom. The quantitative estimate of drug-likeness (QED) is 0.751. The Morgan fingerprint density at radius 2 is 1.73 bits per heavy atom.